The van der Waals surface area contributed by atoms with E-state index in [2.05, 4.69) is 34.1 Å². The molecule has 1 fully saturated rings. The van der Waals surface area contributed by atoms with Crippen molar-refractivity contribution in [3.05, 3.63) is 35.9 Å². The van der Waals surface area contributed by atoms with E-state index in [-0.39, 0.29) is 0 Å². The van der Waals surface area contributed by atoms with Crippen LogP contribution in [0.5, 0.6) is 0 Å². The fourth-order valence-electron chi connectivity index (χ4n) is 2.44. The minimum Gasteiger partial charge on any atom is -0.277 e. The maximum atomic E-state index is 8.82. The summed E-state index contributed by atoms with van der Waals surface area (Å²) >= 11 is 0. The van der Waals surface area contributed by atoms with Crippen molar-refractivity contribution < 1.29 is 0 Å². The summed E-state index contributed by atoms with van der Waals surface area (Å²) in [4.78, 5) is 4.19. The van der Waals surface area contributed by atoms with E-state index in [1.165, 1.54) is 5.56 Å². The molecule has 1 aromatic carbocycles. The minimum atomic E-state index is 0.377. The summed E-state index contributed by atoms with van der Waals surface area (Å²) in [6.07, 6.45) is 0. The SMILES string of the molecule is N#CCN1CC(c2ccccc2)CN(CC#N)C1. The van der Waals surface area contributed by atoms with Crippen LogP contribution in [0.4, 0.5) is 0 Å². The van der Waals surface area contributed by atoms with Crippen molar-refractivity contribution in [3.63, 3.8) is 0 Å². The maximum absolute atomic E-state index is 8.82. The van der Waals surface area contributed by atoms with Gasteiger partial charge in [0.25, 0.3) is 0 Å². The Morgan fingerprint density at radius 3 is 2.06 bits per heavy atom. The third-order valence-corrected chi connectivity index (χ3v) is 3.22. The lowest BCUT2D eigenvalue weighted by Crippen LogP contribution is -2.48. The first-order chi connectivity index (χ1) is 8.83. The molecule has 1 aliphatic rings. The average molecular weight is 240 g/mol. The highest BCUT2D eigenvalue weighted by Crippen LogP contribution is 2.22. The lowest BCUT2D eigenvalue weighted by Gasteiger charge is -2.38. The molecule has 18 heavy (non-hydrogen) atoms. The van der Waals surface area contributed by atoms with Crippen molar-refractivity contribution in [1.82, 2.24) is 9.80 Å². The van der Waals surface area contributed by atoms with E-state index in [0.717, 1.165) is 13.1 Å². The molecule has 0 atom stereocenters. The van der Waals surface area contributed by atoms with E-state index >= 15 is 0 Å². The Balaban J connectivity index is 2.10. The second-order valence-corrected chi connectivity index (χ2v) is 4.59. The normalized spacial score (nSPS) is 18.1. The van der Waals surface area contributed by atoms with Gasteiger partial charge in [0.05, 0.1) is 31.9 Å². The zero-order valence-electron chi connectivity index (χ0n) is 10.3. The highest BCUT2D eigenvalue weighted by atomic mass is 15.3. The third kappa shape index (κ3) is 3.07. The first-order valence-electron chi connectivity index (χ1n) is 6.07. The van der Waals surface area contributed by atoms with Gasteiger partial charge < -0.3 is 0 Å². The van der Waals surface area contributed by atoms with Gasteiger partial charge in [-0.25, -0.2) is 0 Å². The van der Waals surface area contributed by atoms with Crippen molar-refractivity contribution in [1.29, 1.82) is 10.5 Å². The van der Waals surface area contributed by atoms with E-state index in [4.69, 9.17) is 10.5 Å². The summed E-state index contributed by atoms with van der Waals surface area (Å²) < 4.78 is 0. The molecular weight excluding hydrogens is 224 g/mol. The van der Waals surface area contributed by atoms with Crippen molar-refractivity contribution in [2.24, 2.45) is 0 Å². The van der Waals surface area contributed by atoms with Gasteiger partial charge in [-0.3, -0.25) is 9.80 Å². The Bertz CT molecular complexity index is 433. The van der Waals surface area contributed by atoms with Crippen molar-refractivity contribution in [2.75, 3.05) is 32.8 Å². The molecule has 4 heteroatoms. The molecule has 2 rings (SSSR count). The first-order valence-corrected chi connectivity index (χ1v) is 6.07. The first kappa shape index (κ1) is 12.6. The highest BCUT2D eigenvalue weighted by molar-refractivity contribution is 5.21. The van der Waals surface area contributed by atoms with Gasteiger partial charge in [0.15, 0.2) is 0 Å². The fourth-order valence-corrected chi connectivity index (χ4v) is 2.44. The van der Waals surface area contributed by atoms with Gasteiger partial charge in [-0.15, -0.1) is 0 Å². The van der Waals surface area contributed by atoms with Crippen LogP contribution in [-0.2, 0) is 0 Å². The van der Waals surface area contributed by atoms with Gasteiger partial charge in [0.1, 0.15) is 0 Å². The molecule has 1 aliphatic heterocycles. The minimum absolute atomic E-state index is 0.377. The maximum Gasteiger partial charge on any atom is 0.0876 e. The van der Waals surface area contributed by atoms with Gasteiger partial charge in [-0.2, -0.15) is 10.5 Å². The van der Waals surface area contributed by atoms with Gasteiger partial charge in [0.2, 0.25) is 0 Å². The molecule has 0 unspecified atom stereocenters. The van der Waals surface area contributed by atoms with Crippen LogP contribution >= 0.6 is 0 Å². The third-order valence-electron chi connectivity index (χ3n) is 3.22. The van der Waals surface area contributed by atoms with E-state index < -0.39 is 0 Å². The van der Waals surface area contributed by atoms with E-state index in [1.807, 2.05) is 18.2 Å². The second-order valence-electron chi connectivity index (χ2n) is 4.59. The molecule has 92 valence electrons. The standard InChI is InChI=1S/C14H16N4/c15-6-8-17-10-14(11-18(12-17)9-7-16)13-4-2-1-3-5-13/h1-5,14H,8-12H2. The zero-order valence-corrected chi connectivity index (χ0v) is 10.3. The van der Waals surface area contributed by atoms with Crippen LogP contribution in [-0.4, -0.2) is 42.6 Å². The molecule has 4 nitrogen and oxygen atoms in total. The van der Waals surface area contributed by atoms with Gasteiger partial charge in [0, 0.05) is 19.0 Å². The Morgan fingerprint density at radius 2 is 1.56 bits per heavy atom. The number of rotatable bonds is 3. The Labute approximate surface area is 108 Å². The molecule has 1 aromatic rings. The van der Waals surface area contributed by atoms with Gasteiger partial charge >= 0.3 is 0 Å². The number of nitriles is 2. The predicted octanol–water partition coefficient (Wildman–Crippen LogP) is 1.39. The molecule has 0 aromatic heterocycles. The van der Waals surface area contributed by atoms with E-state index in [1.54, 1.807) is 0 Å². The molecule has 0 amide bonds. The summed E-state index contributed by atoms with van der Waals surface area (Å²) in [5.74, 6) is 0.377. The van der Waals surface area contributed by atoms with Gasteiger partial charge in [-0.05, 0) is 5.56 Å². The number of benzene rings is 1. The summed E-state index contributed by atoms with van der Waals surface area (Å²) in [5.41, 5.74) is 1.28. The monoisotopic (exact) mass is 240 g/mol. The molecule has 0 saturated carbocycles. The van der Waals surface area contributed by atoms with Crippen LogP contribution in [0, 0.1) is 22.7 Å². The van der Waals surface area contributed by atoms with Crippen LogP contribution in [0.2, 0.25) is 0 Å². The van der Waals surface area contributed by atoms with Gasteiger partial charge in [-0.1, -0.05) is 30.3 Å². The molecule has 0 N–H and O–H groups in total. The van der Waals surface area contributed by atoms with Crippen LogP contribution in [0.25, 0.3) is 0 Å². The summed E-state index contributed by atoms with van der Waals surface area (Å²) in [7, 11) is 0. The molecule has 1 heterocycles. The number of hydrogen-bond acceptors (Lipinski definition) is 4. The lowest BCUT2D eigenvalue weighted by molar-refractivity contribution is 0.0924. The molecule has 0 bridgehead atoms. The van der Waals surface area contributed by atoms with Crippen LogP contribution in [0.15, 0.2) is 30.3 Å². The molecule has 1 saturated heterocycles. The molecule has 0 aliphatic carbocycles. The Kier molecular flexibility index (Phi) is 4.30. The molecule has 0 spiro atoms. The van der Waals surface area contributed by atoms with E-state index in [0.29, 0.717) is 25.7 Å². The number of hydrogen-bond donors (Lipinski definition) is 0. The van der Waals surface area contributed by atoms with Crippen molar-refractivity contribution in [3.8, 4) is 12.1 Å². The van der Waals surface area contributed by atoms with Crippen LogP contribution < -0.4 is 0 Å². The summed E-state index contributed by atoms with van der Waals surface area (Å²) in [5, 5.41) is 17.6. The quantitative estimate of drug-likeness (QED) is 0.749. The lowest BCUT2D eigenvalue weighted by atomic mass is 9.96. The average Bonchev–Trinajstić information content (AvgIpc) is 2.40. The fraction of sp³-hybridized carbons (Fsp3) is 0.429. The highest BCUT2D eigenvalue weighted by Gasteiger charge is 2.25. The Hall–Kier alpha value is -1.88. The summed E-state index contributed by atoms with van der Waals surface area (Å²) in [6, 6.07) is 14.7. The van der Waals surface area contributed by atoms with Crippen molar-refractivity contribution >= 4 is 0 Å². The molecular formula is C14H16N4. The second kappa shape index (κ2) is 6.16. The smallest absolute Gasteiger partial charge is 0.0876 e. The van der Waals surface area contributed by atoms with Crippen molar-refractivity contribution in [2.45, 2.75) is 5.92 Å². The molecule has 0 radical (unpaired) electrons. The summed E-state index contributed by atoms with van der Waals surface area (Å²) in [6.45, 7) is 3.33. The zero-order chi connectivity index (χ0) is 12.8. The van der Waals surface area contributed by atoms with E-state index in [9.17, 15) is 0 Å². The van der Waals surface area contributed by atoms with Crippen LogP contribution in [0.3, 0.4) is 0 Å². The largest absolute Gasteiger partial charge is 0.277 e. The Morgan fingerprint density at radius 1 is 1.00 bits per heavy atom. The topological polar surface area (TPSA) is 54.1 Å². The van der Waals surface area contributed by atoms with Crippen LogP contribution in [0.1, 0.15) is 11.5 Å². The predicted molar refractivity (Wildman–Crippen MR) is 68.4 cm³/mol. The number of nitrogens with zero attached hydrogens (tertiary/aromatic N) is 4.